The third kappa shape index (κ3) is 6.30. The number of hydrogen-bond donors (Lipinski definition) is 2. The lowest BCUT2D eigenvalue weighted by molar-refractivity contribution is -0.145. The Balaban J connectivity index is 2.63. The standard InChI is InChI=1S/C18H36N2O3/c1-3-5-7-9-11-13-16(12-10-8-6-4-2)18(17(19)20-21)22-14-15-23-18/h16,21H,3-15H2,1-2H3,(H2,19,20)/t16-/m0/s1. The SMILES string of the molecule is CCCCCCC[C@H](CCCCCC)C1(/C(N)=N/O)OCCO1. The molecule has 1 saturated heterocycles. The normalized spacial score (nSPS) is 19.1. The molecule has 136 valence electrons. The van der Waals surface area contributed by atoms with Crippen molar-refractivity contribution in [2.24, 2.45) is 16.8 Å². The van der Waals surface area contributed by atoms with E-state index >= 15 is 0 Å². The molecule has 1 rings (SSSR count). The van der Waals surface area contributed by atoms with Crippen LogP contribution in [0.5, 0.6) is 0 Å². The zero-order chi connectivity index (χ0) is 17.0. The van der Waals surface area contributed by atoms with Gasteiger partial charge >= 0.3 is 0 Å². The number of hydrogen-bond acceptors (Lipinski definition) is 4. The molecular weight excluding hydrogens is 292 g/mol. The molecule has 0 spiro atoms. The summed E-state index contributed by atoms with van der Waals surface area (Å²) < 4.78 is 11.7. The summed E-state index contributed by atoms with van der Waals surface area (Å²) in [6.45, 7) is 5.46. The van der Waals surface area contributed by atoms with Crippen molar-refractivity contribution < 1.29 is 14.7 Å². The van der Waals surface area contributed by atoms with E-state index in [2.05, 4.69) is 19.0 Å². The van der Waals surface area contributed by atoms with Crippen LogP contribution in [0.3, 0.4) is 0 Å². The number of amidine groups is 1. The molecule has 0 saturated carbocycles. The van der Waals surface area contributed by atoms with Crippen LogP contribution >= 0.6 is 0 Å². The van der Waals surface area contributed by atoms with Gasteiger partial charge < -0.3 is 20.4 Å². The van der Waals surface area contributed by atoms with E-state index in [4.69, 9.17) is 20.4 Å². The minimum Gasteiger partial charge on any atom is -0.409 e. The third-order valence-electron chi connectivity index (χ3n) is 4.78. The number of oxime groups is 1. The van der Waals surface area contributed by atoms with Gasteiger partial charge in [-0.3, -0.25) is 0 Å². The van der Waals surface area contributed by atoms with Gasteiger partial charge in [0.2, 0.25) is 5.79 Å². The Morgan fingerprint density at radius 1 is 0.957 bits per heavy atom. The van der Waals surface area contributed by atoms with Gasteiger partial charge in [0, 0.05) is 5.92 Å². The molecule has 0 radical (unpaired) electrons. The highest BCUT2D eigenvalue weighted by Gasteiger charge is 2.48. The van der Waals surface area contributed by atoms with Crippen LogP contribution in [0.2, 0.25) is 0 Å². The van der Waals surface area contributed by atoms with Crippen LogP contribution in [-0.2, 0) is 9.47 Å². The van der Waals surface area contributed by atoms with Gasteiger partial charge in [-0.15, -0.1) is 0 Å². The van der Waals surface area contributed by atoms with E-state index in [1.165, 1.54) is 44.9 Å². The Kier molecular flexibility index (Phi) is 10.3. The maximum atomic E-state index is 9.16. The topological polar surface area (TPSA) is 77.1 Å². The van der Waals surface area contributed by atoms with Gasteiger partial charge in [0.25, 0.3) is 0 Å². The maximum Gasteiger partial charge on any atom is 0.234 e. The molecule has 1 atom stereocenters. The molecule has 3 N–H and O–H groups in total. The van der Waals surface area contributed by atoms with Crippen LogP contribution in [0.15, 0.2) is 5.16 Å². The highest BCUT2D eigenvalue weighted by molar-refractivity contribution is 5.87. The Morgan fingerprint density at radius 3 is 1.91 bits per heavy atom. The summed E-state index contributed by atoms with van der Waals surface area (Å²) in [6, 6.07) is 0. The lowest BCUT2D eigenvalue weighted by Gasteiger charge is -2.34. The predicted molar refractivity (Wildman–Crippen MR) is 93.7 cm³/mol. The summed E-state index contributed by atoms with van der Waals surface area (Å²) in [7, 11) is 0. The quantitative estimate of drug-likeness (QED) is 0.172. The maximum absolute atomic E-state index is 9.16. The lowest BCUT2D eigenvalue weighted by atomic mass is 9.86. The fraction of sp³-hybridized carbons (Fsp3) is 0.944. The molecule has 0 amide bonds. The van der Waals surface area contributed by atoms with Gasteiger partial charge in [-0.25, -0.2) is 0 Å². The van der Waals surface area contributed by atoms with Crippen molar-refractivity contribution >= 4 is 5.84 Å². The molecule has 0 aromatic rings. The van der Waals surface area contributed by atoms with Gasteiger partial charge in [0.05, 0.1) is 13.2 Å². The minimum absolute atomic E-state index is 0.0732. The van der Waals surface area contributed by atoms with Crippen LogP contribution in [0.4, 0.5) is 0 Å². The molecular formula is C18H36N2O3. The molecule has 5 heteroatoms. The number of ether oxygens (including phenoxy) is 2. The first kappa shape index (κ1) is 20.2. The van der Waals surface area contributed by atoms with Crippen molar-refractivity contribution in [2.45, 2.75) is 90.3 Å². The Labute approximate surface area is 141 Å². The van der Waals surface area contributed by atoms with Crippen molar-refractivity contribution in [1.29, 1.82) is 0 Å². The van der Waals surface area contributed by atoms with E-state index in [9.17, 15) is 0 Å². The minimum atomic E-state index is -1.01. The van der Waals surface area contributed by atoms with Crippen LogP contribution in [0.25, 0.3) is 0 Å². The molecule has 0 bridgehead atoms. The average Bonchev–Trinajstić information content (AvgIpc) is 3.06. The van der Waals surface area contributed by atoms with E-state index in [1.54, 1.807) is 0 Å². The van der Waals surface area contributed by atoms with Crippen LogP contribution in [0.1, 0.15) is 84.5 Å². The molecule has 0 aliphatic carbocycles. The molecule has 1 aliphatic heterocycles. The van der Waals surface area contributed by atoms with Gasteiger partial charge in [-0.2, -0.15) is 0 Å². The van der Waals surface area contributed by atoms with Crippen molar-refractivity contribution in [2.75, 3.05) is 13.2 Å². The average molecular weight is 328 g/mol. The summed E-state index contributed by atoms with van der Waals surface area (Å²) >= 11 is 0. The molecule has 1 heterocycles. The largest absolute Gasteiger partial charge is 0.409 e. The highest BCUT2D eigenvalue weighted by atomic mass is 16.7. The van der Waals surface area contributed by atoms with Crippen LogP contribution in [-0.4, -0.2) is 30.0 Å². The van der Waals surface area contributed by atoms with Gasteiger partial charge in [-0.05, 0) is 12.8 Å². The molecule has 0 aromatic heterocycles. The first-order valence-corrected chi connectivity index (χ1v) is 9.47. The summed E-state index contributed by atoms with van der Waals surface area (Å²) in [6.07, 6.45) is 13.0. The van der Waals surface area contributed by atoms with E-state index in [0.717, 1.165) is 25.7 Å². The van der Waals surface area contributed by atoms with Crippen molar-refractivity contribution in [3.8, 4) is 0 Å². The predicted octanol–water partition coefficient (Wildman–Crippen LogP) is 4.42. The molecule has 5 nitrogen and oxygen atoms in total. The summed E-state index contributed by atoms with van der Waals surface area (Å²) in [4.78, 5) is 0. The first-order chi connectivity index (χ1) is 11.2. The monoisotopic (exact) mass is 328 g/mol. The summed E-state index contributed by atoms with van der Waals surface area (Å²) in [5.41, 5.74) is 5.95. The fourth-order valence-electron chi connectivity index (χ4n) is 3.43. The highest BCUT2D eigenvalue weighted by Crippen LogP contribution is 2.36. The van der Waals surface area contributed by atoms with Crippen LogP contribution < -0.4 is 5.73 Å². The van der Waals surface area contributed by atoms with Crippen LogP contribution in [0, 0.1) is 5.92 Å². The zero-order valence-corrected chi connectivity index (χ0v) is 15.1. The zero-order valence-electron chi connectivity index (χ0n) is 15.1. The third-order valence-corrected chi connectivity index (χ3v) is 4.78. The second-order valence-electron chi connectivity index (χ2n) is 6.60. The Bertz CT molecular complexity index is 328. The van der Waals surface area contributed by atoms with E-state index in [0.29, 0.717) is 13.2 Å². The Morgan fingerprint density at radius 2 is 1.43 bits per heavy atom. The molecule has 0 unspecified atom stereocenters. The number of nitrogens with zero attached hydrogens (tertiary/aromatic N) is 1. The van der Waals surface area contributed by atoms with Gasteiger partial charge in [-0.1, -0.05) is 76.8 Å². The first-order valence-electron chi connectivity index (χ1n) is 9.47. The lowest BCUT2D eigenvalue weighted by Crippen LogP contribution is -2.51. The molecule has 1 aliphatic rings. The molecule has 0 aromatic carbocycles. The van der Waals surface area contributed by atoms with Crippen molar-refractivity contribution in [1.82, 2.24) is 0 Å². The summed E-state index contributed by atoms with van der Waals surface area (Å²) in [5, 5.41) is 12.4. The second kappa shape index (κ2) is 11.7. The smallest absolute Gasteiger partial charge is 0.234 e. The number of rotatable bonds is 13. The fourth-order valence-corrected chi connectivity index (χ4v) is 3.43. The van der Waals surface area contributed by atoms with E-state index < -0.39 is 5.79 Å². The number of nitrogens with two attached hydrogens (primary N) is 1. The van der Waals surface area contributed by atoms with Gasteiger partial charge in [0.1, 0.15) is 0 Å². The molecule has 1 fully saturated rings. The number of unbranched alkanes of at least 4 members (excludes halogenated alkanes) is 7. The molecule has 23 heavy (non-hydrogen) atoms. The second-order valence-corrected chi connectivity index (χ2v) is 6.60. The Hall–Kier alpha value is -0.810. The van der Waals surface area contributed by atoms with Gasteiger partial charge in [0.15, 0.2) is 5.84 Å². The van der Waals surface area contributed by atoms with Crippen molar-refractivity contribution in [3.63, 3.8) is 0 Å². The van der Waals surface area contributed by atoms with Crippen molar-refractivity contribution in [3.05, 3.63) is 0 Å². The summed E-state index contributed by atoms with van der Waals surface area (Å²) in [5.74, 6) is -0.769. The van der Waals surface area contributed by atoms with E-state index in [-0.39, 0.29) is 11.8 Å². The van der Waals surface area contributed by atoms with E-state index in [1.807, 2.05) is 0 Å².